The highest BCUT2D eigenvalue weighted by Gasteiger charge is 2.51. The van der Waals surface area contributed by atoms with Gasteiger partial charge in [0.25, 0.3) is 0 Å². The molecule has 2 fully saturated rings. The van der Waals surface area contributed by atoms with Crippen LogP contribution in [-0.2, 0) is 4.79 Å². The summed E-state index contributed by atoms with van der Waals surface area (Å²) in [6.45, 7) is 11.0. The molecule has 0 aromatic carbocycles. The van der Waals surface area contributed by atoms with Crippen molar-refractivity contribution in [3.8, 4) is 0 Å². The molecular weight excluding hydrogens is 222 g/mol. The van der Waals surface area contributed by atoms with Gasteiger partial charge >= 0.3 is 0 Å². The molecule has 0 bridgehead atoms. The summed E-state index contributed by atoms with van der Waals surface area (Å²) < 4.78 is 0. The summed E-state index contributed by atoms with van der Waals surface area (Å²) >= 11 is 0. The predicted octanol–water partition coefficient (Wildman–Crippen LogP) is 3.67. The maximum atomic E-state index is 10.9. The van der Waals surface area contributed by atoms with Gasteiger partial charge in [0, 0.05) is 5.54 Å². The van der Waals surface area contributed by atoms with Gasteiger partial charge in [-0.1, -0.05) is 25.5 Å². The second-order valence-electron chi connectivity index (χ2n) is 7.06. The smallest absolute Gasteiger partial charge is 0.207 e. The van der Waals surface area contributed by atoms with E-state index in [1.807, 2.05) is 0 Å². The molecule has 0 heterocycles. The highest BCUT2D eigenvalue weighted by atomic mass is 16.1. The molecule has 0 unspecified atom stereocenters. The minimum atomic E-state index is -0.0110. The van der Waals surface area contributed by atoms with Gasteiger partial charge in [-0.2, -0.15) is 0 Å². The first-order valence-corrected chi connectivity index (χ1v) is 7.28. The molecule has 102 valence electrons. The SMILES string of the molecule is C=C(C)[C@H]1CC[C@@]2(C)CCC[C@@](C)(NC=O)[C@@H]2C1. The maximum absolute atomic E-state index is 10.9. The Morgan fingerprint density at radius 3 is 2.67 bits per heavy atom. The average molecular weight is 249 g/mol. The monoisotopic (exact) mass is 249 g/mol. The van der Waals surface area contributed by atoms with Crippen molar-refractivity contribution < 1.29 is 4.79 Å². The summed E-state index contributed by atoms with van der Waals surface area (Å²) in [5.41, 5.74) is 1.72. The Bertz CT molecular complexity index is 351. The fourth-order valence-electron chi connectivity index (χ4n) is 4.48. The predicted molar refractivity (Wildman–Crippen MR) is 75.2 cm³/mol. The molecule has 0 aromatic rings. The Kier molecular flexibility index (Phi) is 3.57. The van der Waals surface area contributed by atoms with Crippen molar-refractivity contribution >= 4 is 6.41 Å². The van der Waals surface area contributed by atoms with Gasteiger partial charge in [0.1, 0.15) is 0 Å². The zero-order valence-corrected chi connectivity index (χ0v) is 12.1. The second-order valence-corrected chi connectivity index (χ2v) is 7.06. The number of allylic oxidation sites excluding steroid dienone is 1. The van der Waals surface area contributed by atoms with Crippen molar-refractivity contribution in [2.75, 3.05) is 0 Å². The summed E-state index contributed by atoms with van der Waals surface area (Å²) in [4.78, 5) is 10.9. The lowest BCUT2D eigenvalue weighted by atomic mass is 9.52. The van der Waals surface area contributed by atoms with Gasteiger partial charge in [-0.05, 0) is 63.2 Å². The molecule has 0 radical (unpaired) electrons. The Hall–Kier alpha value is -0.790. The van der Waals surface area contributed by atoms with Gasteiger partial charge in [-0.15, -0.1) is 0 Å². The van der Waals surface area contributed by atoms with Crippen LogP contribution >= 0.6 is 0 Å². The quantitative estimate of drug-likeness (QED) is 0.600. The summed E-state index contributed by atoms with van der Waals surface area (Å²) in [6, 6.07) is 0. The first-order valence-electron chi connectivity index (χ1n) is 7.28. The van der Waals surface area contributed by atoms with E-state index in [0.717, 1.165) is 12.8 Å². The van der Waals surface area contributed by atoms with Crippen LogP contribution in [0.3, 0.4) is 0 Å². The molecule has 18 heavy (non-hydrogen) atoms. The van der Waals surface area contributed by atoms with E-state index in [2.05, 4.69) is 32.7 Å². The fourth-order valence-corrected chi connectivity index (χ4v) is 4.48. The lowest BCUT2D eigenvalue weighted by molar-refractivity contribution is -0.114. The summed E-state index contributed by atoms with van der Waals surface area (Å²) in [6.07, 6.45) is 8.33. The number of hydrogen-bond acceptors (Lipinski definition) is 1. The van der Waals surface area contributed by atoms with Crippen LogP contribution in [0.1, 0.15) is 59.3 Å². The Morgan fingerprint density at radius 1 is 1.33 bits per heavy atom. The molecule has 0 aromatic heterocycles. The maximum Gasteiger partial charge on any atom is 0.207 e. The van der Waals surface area contributed by atoms with Crippen molar-refractivity contribution in [2.24, 2.45) is 17.3 Å². The van der Waals surface area contributed by atoms with Crippen LogP contribution in [-0.4, -0.2) is 11.9 Å². The second kappa shape index (κ2) is 4.71. The third-order valence-electron chi connectivity index (χ3n) is 5.72. The minimum Gasteiger partial charge on any atom is -0.353 e. The van der Waals surface area contributed by atoms with Crippen LogP contribution in [0.5, 0.6) is 0 Å². The average Bonchev–Trinajstić information content (AvgIpc) is 2.28. The Morgan fingerprint density at radius 2 is 2.06 bits per heavy atom. The van der Waals surface area contributed by atoms with E-state index in [0.29, 0.717) is 17.3 Å². The summed E-state index contributed by atoms with van der Waals surface area (Å²) in [7, 11) is 0. The van der Waals surface area contributed by atoms with E-state index >= 15 is 0 Å². The van der Waals surface area contributed by atoms with E-state index in [1.165, 1.54) is 37.7 Å². The first-order chi connectivity index (χ1) is 8.41. The number of hydrogen-bond donors (Lipinski definition) is 1. The number of amides is 1. The lowest BCUT2D eigenvalue weighted by Crippen LogP contribution is -2.58. The molecule has 2 nitrogen and oxygen atoms in total. The van der Waals surface area contributed by atoms with Crippen LogP contribution in [0.2, 0.25) is 0 Å². The molecule has 2 heteroatoms. The van der Waals surface area contributed by atoms with Gasteiger partial charge in [0.05, 0.1) is 0 Å². The third-order valence-corrected chi connectivity index (χ3v) is 5.72. The van der Waals surface area contributed by atoms with Gasteiger partial charge in [-0.3, -0.25) is 4.79 Å². The van der Waals surface area contributed by atoms with Crippen LogP contribution in [0.4, 0.5) is 0 Å². The number of carbonyl (C=O) groups excluding carboxylic acids is 1. The summed E-state index contributed by atoms with van der Waals surface area (Å²) in [5.74, 6) is 1.24. The van der Waals surface area contributed by atoms with Crippen molar-refractivity contribution in [2.45, 2.75) is 64.8 Å². The highest BCUT2D eigenvalue weighted by Crippen LogP contribution is 2.56. The van der Waals surface area contributed by atoms with E-state index in [1.54, 1.807) is 0 Å². The molecule has 2 saturated carbocycles. The lowest BCUT2D eigenvalue weighted by Gasteiger charge is -2.56. The molecule has 0 spiro atoms. The molecule has 2 aliphatic rings. The van der Waals surface area contributed by atoms with Crippen molar-refractivity contribution in [3.63, 3.8) is 0 Å². The van der Waals surface area contributed by atoms with Crippen molar-refractivity contribution in [3.05, 3.63) is 12.2 Å². The van der Waals surface area contributed by atoms with Crippen LogP contribution < -0.4 is 5.32 Å². The van der Waals surface area contributed by atoms with Gasteiger partial charge in [0.15, 0.2) is 0 Å². The van der Waals surface area contributed by atoms with Crippen LogP contribution in [0.15, 0.2) is 12.2 Å². The van der Waals surface area contributed by atoms with E-state index < -0.39 is 0 Å². The van der Waals surface area contributed by atoms with Crippen molar-refractivity contribution in [1.82, 2.24) is 5.32 Å². The first kappa shape index (κ1) is 13.6. The largest absolute Gasteiger partial charge is 0.353 e. The number of carbonyl (C=O) groups is 1. The van der Waals surface area contributed by atoms with Gasteiger partial charge < -0.3 is 5.32 Å². The Balaban J connectivity index is 2.25. The topological polar surface area (TPSA) is 29.1 Å². The highest BCUT2D eigenvalue weighted by molar-refractivity contribution is 5.48. The van der Waals surface area contributed by atoms with E-state index in [9.17, 15) is 4.79 Å². The minimum absolute atomic E-state index is 0.0110. The summed E-state index contributed by atoms with van der Waals surface area (Å²) in [5, 5.41) is 3.13. The number of rotatable bonds is 3. The van der Waals surface area contributed by atoms with Crippen LogP contribution in [0.25, 0.3) is 0 Å². The molecule has 0 aliphatic heterocycles. The zero-order chi connectivity index (χ0) is 13.4. The molecule has 4 atom stereocenters. The number of fused-ring (bicyclic) bond motifs is 1. The molecule has 2 aliphatic carbocycles. The molecular formula is C16H27NO. The molecule has 0 saturated heterocycles. The van der Waals surface area contributed by atoms with Crippen molar-refractivity contribution in [1.29, 1.82) is 0 Å². The van der Waals surface area contributed by atoms with Crippen LogP contribution in [0, 0.1) is 17.3 Å². The van der Waals surface area contributed by atoms with E-state index in [4.69, 9.17) is 0 Å². The zero-order valence-electron chi connectivity index (χ0n) is 12.1. The fraction of sp³-hybridized carbons (Fsp3) is 0.812. The third kappa shape index (κ3) is 2.22. The van der Waals surface area contributed by atoms with Gasteiger partial charge in [0.2, 0.25) is 6.41 Å². The van der Waals surface area contributed by atoms with E-state index in [-0.39, 0.29) is 5.54 Å². The standard InChI is InChI=1S/C16H27NO/c1-12(2)13-6-9-15(3)7-5-8-16(4,17-11-18)14(15)10-13/h11,13-14H,1,5-10H2,2-4H3,(H,17,18)/t13-,14+,15+,16+/m0/s1. The molecule has 1 amide bonds. The molecule has 1 N–H and O–H groups in total. The number of nitrogens with one attached hydrogen (secondary N) is 1. The van der Waals surface area contributed by atoms with Gasteiger partial charge in [-0.25, -0.2) is 0 Å². The Labute approximate surface area is 111 Å². The normalized spacial score (nSPS) is 43.9. The molecule has 2 rings (SSSR count).